The highest BCUT2D eigenvalue weighted by atomic mass is 127. The zero-order chi connectivity index (χ0) is 12.3. The minimum atomic E-state index is -0.508. The van der Waals surface area contributed by atoms with E-state index in [-0.39, 0.29) is 0 Å². The number of furan rings is 1. The first-order valence-electron chi connectivity index (χ1n) is 6.25. The van der Waals surface area contributed by atoms with Crippen LogP contribution in [0.25, 0.3) is 0 Å². The lowest BCUT2D eigenvalue weighted by Crippen LogP contribution is -2.43. The smallest absolute Gasteiger partial charge is 0.164 e. The van der Waals surface area contributed by atoms with Gasteiger partial charge >= 0.3 is 0 Å². The van der Waals surface area contributed by atoms with Crippen LogP contribution in [0.2, 0.25) is 0 Å². The summed E-state index contributed by atoms with van der Waals surface area (Å²) in [5.74, 6) is 1.70. The molecule has 0 atom stereocenters. The van der Waals surface area contributed by atoms with Crippen molar-refractivity contribution in [2.45, 2.75) is 44.8 Å². The molecule has 0 spiro atoms. The van der Waals surface area contributed by atoms with Gasteiger partial charge in [-0.3, -0.25) is 0 Å². The maximum absolute atomic E-state index is 10.4. The molecule has 0 aromatic carbocycles. The molecular weight excluding hydrogens is 329 g/mol. The van der Waals surface area contributed by atoms with Gasteiger partial charge in [0.05, 0.1) is 12.1 Å². The van der Waals surface area contributed by atoms with E-state index in [1.807, 2.05) is 12.1 Å². The molecule has 4 heteroatoms. The molecule has 0 bridgehead atoms. The van der Waals surface area contributed by atoms with E-state index in [0.29, 0.717) is 13.1 Å². The van der Waals surface area contributed by atoms with Crippen molar-refractivity contribution in [2.24, 2.45) is 5.92 Å². The second kappa shape index (κ2) is 5.71. The van der Waals surface area contributed by atoms with Crippen LogP contribution in [-0.4, -0.2) is 17.3 Å². The molecule has 3 nitrogen and oxygen atoms in total. The van der Waals surface area contributed by atoms with Crippen molar-refractivity contribution in [3.8, 4) is 0 Å². The molecule has 1 fully saturated rings. The first-order chi connectivity index (χ1) is 8.07. The molecule has 0 amide bonds. The van der Waals surface area contributed by atoms with Crippen molar-refractivity contribution in [3.63, 3.8) is 0 Å². The first kappa shape index (κ1) is 13.4. The average Bonchev–Trinajstić information content (AvgIpc) is 2.69. The largest absolute Gasteiger partial charge is 0.454 e. The van der Waals surface area contributed by atoms with E-state index in [2.05, 4.69) is 34.8 Å². The van der Waals surface area contributed by atoms with Crippen LogP contribution < -0.4 is 5.32 Å². The minimum Gasteiger partial charge on any atom is -0.454 e. The second-order valence-corrected chi connectivity index (χ2v) is 6.28. The molecule has 0 aliphatic heterocycles. The van der Waals surface area contributed by atoms with Crippen LogP contribution in [0.4, 0.5) is 0 Å². The van der Waals surface area contributed by atoms with E-state index in [1.165, 1.54) is 0 Å². The maximum Gasteiger partial charge on any atom is 0.164 e. The Morgan fingerprint density at radius 3 is 2.76 bits per heavy atom. The molecule has 0 radical (unpaired) electrons. The lowest BCUT2D eigenvalue weighted by atomic mass is 9.79. The zero-order valence-corrected chi connectivity index (χ0v) is 12.4. The Balaban J connectivity index is 1.74. The highest BCUT2D eigenvalue weighted by Crippen LogP contribution is 2.31. The van der Waals surface area contributed by atoms with Gasteiger partial charge in [-0.25, -0.2) is 0 Å². The molecule has 17 heavy (non-hydrogen) atoms. The third-order valence-corrected chi connectivity index (χ3v) is 4.17. The molecule has 0 saturated heterocycles. The minimum absolute atomic E-state index is 0.508. The van der Waals surface area contributed by atoms with Gasteiger partial charge in [0.1, 0.15) is 5.76 Å². The second-order valence-electron chi connectivity index (χ2n) is 5.22. The lowest BCUT2D eigenvalue weighted by molar-refractivity contribution is -0.00657. The fourth-order valence-electron chi connectivity index (χ4n) is 2.34. The third-order valence-electron chi connectivity index (χ3n) is 3.59. The molecular formula is C13H20INO2. The maximum atomic E-state index is 10.4. The van der Waals surface area contributed by atoms with Crippen molar-refractivity contribution >= 4 is 22.6 Å². The number of hydrogen-bond acceptors (Lipinski definition) is 3. The van der Waals surface area contributed by atoms with Crippen molar-refractivity contribution < 1.29 is 9.52 Å². The first-order valence-corrected chi connectivity index (χ1v) is 7.33. The summed E-state index contributed by atoms with van der Waals surface area (Å²) in [6, 6.07) is 3.93. The van der Waals surface area contributed by atoms with E-state index in [4.69, 9.17) is 4.42 Å². The van der Waals surface area contributed by atoms with Crippen LogP contribution in [0.1, 0.15) is 38.4 Å². The van der Waals surface area contributed by atoms with Crippen molar-refractivity contribution in [3.05, 3.63) is 21.7 Å². The van der Waals surface area contributed by atoms with Crippen LogP contribution in [0.15, 0.2) is 16.5 Å². The summed E-state index contributed by atoms with van der Waals surface area (Å²) in [6.45, 7) is 3.62. The molecule has 1 saturated carbocycles. The average molecular weight is 349 g/mol. The summed E-state index contributed by atoms with van der Waals surface area (Å²) in [7, 11) is 0. The molecule has 96 valence electrons. The van der Waals surface area contributed by atoms with Crippen molar-refractivity contribution in [2.75, 3.05) is 6.54 Å². The van der Waals surface area contributed by atoms with Gasteiger partial charge in [0.25, 0.3) is 0 Å². The van der Waals surface area contributed by atoms with Crippen LogP contribution in [0, 0.1) is 9.68 Å². The van der Waals surface area contributed by atoms with E-state index in [9.17, 15) is 5.11 Å². The molecule has 2 N–H and O–H groups in total. The molecule has 2 rings (SSSR count). The SMILES string of the molecule is CC1CCC(O)(CNCc2ccc(I)o2)CC1. The monoisotopic (exact) mass is 349 g/mol. The molecule has 1 aromatic rings. The Morgan fingerprint density at radius 1 is 1.47 bits per heavy atom. The zero-order valence-electron chi connectivity index (χ0n) is 10.2. The summed E-state index contributed by atoms with van der Waals surface area (Å²) in [5, 5.41) is 13.7. The summed E-state index contributed by atoms with van der Waals surface area (Å²) < 4.78 is 6.37. The molecule has 1 aliphatic carbocycles. The molecule has 1 aliphatic rings. The number of aliphatic hydroxyl groups is 1. The van der Waals surface area contributed by atoms with Gasteiger partial charge in [0, 0.05) is 6.54 Å². The van der Waals surface area contributed by atoms with Gasteiger partial charge in [-0.15, -0.1) is 0 Å². The Kier molecular flexibility index (Phi) is 4.49. The van der Waals surface area contributed by atoms with Gasteiger partial charge in [-0.1, -0.05) is 6.92 Å². The van der Waals surface area contributed by atoms with Gasteiger partial charge in [0.2, 0.25) is 0 Å². The van der Waals surface area contributed by atoms with Gasteiger partial charge < -0.3 is 14.8 Å². The summed E-state index contributed by atoms with van der Waals surface area (Å²) in [5.41, 5.74) is -0.508. The molecule has 1 heterocycles. The van der Waals surface area contributed by atoms with Gasteiger partial charge in [0.15, 0.2) is 3.77 Å². The van der Waals surface area contributed by atoms with E-state index >= 15 is 0 Å². The Labute approximate surface area is 116 Å². The predicted molar refractivity (Wildman–Crippen MR) is 75.7 cm³/mol. The standard InChI is InChI=1S/C13H20INO2/c1-10-4-6-13(16,7-5-10)9-15-8-11-2-3-12(14)17-11/h2-3,10,15-16H,4-9H2,1H3. The van der Waals surface area contributed by atoms with Gasteiger partial charge in [-0.05, 0) is 66.3 Å². The normalized spacial score (nSPS) is 29.5. The Morgan fingerprint density at radius 2 is 2.18 bits per heavy atom. The Bertz CT molecular complexity index is 356. The van der Waals surface area contributed by atoms with Crippen LogP contribution in [0.5, 0.6) is 0 Å². The number of nitrogens with one attached hydrogen (secondary N) is 1. The summed E-state index contributed by atoms with van der Waals surface area (Å²) >= 11 is 2.16. The molecule has 0 unspecified atom stereocenters. The number of hydrogen-bond donors (Lipinski definition) is 2. The van der Waals surface area contributed by atoms with E-state index < -0.39 is 5.60 Å². The van der Waals surface area contributed by atoms with Crippen LogP contribution in [0.3, 0.4) is 0 Å². The Hall–Kier alpha value is -0.0700. The summed E-state index contributed by atoms with van der Waals surface area (Å²) in [6.07, 6.45) is 4.10. The highest BCUT2D eigenvalue weighted by molar-refractivity contribution is 14.1. The molecule has 1 aromatic heterocycles. The fraction of sp³-hybridized carbons (Fsp3) is 0.692. The lowest BCUT2D eigenvalue weighted by Gasteiger charge is -2.35. The van der Waals surface area contributed by atoms with Crippen molar-refractivity contribution in [1.82, 2.24) is 5.32 Å². The third kappa shape index (κ3) is 3.96. The number of rotatable bonds is 4. The van der Waals surface area contributed by atoms with Crippen molar-refractivity contribution in [1.29, 1.82) is 0 Å². The topological polar surface area (TPSA) is 45.4 Å². The van der Waals surface area contributed by atoms with E-state index in [0.717, 1.165) is 41.1 Å². The number of halogens is 1. The quantitative estimate of drug-likeness (QED) is 0.822. The van der Waals surface area contributed by atoms with Gasteiger partial charge in [-0.2, -0.15) is 0 Å². The van der Waals surface area contributed by atoms with E-state index in [1.54, 1.807) is 0 Å². The van der Waals surface area contributed by atoms with Crippen LogP contribution in [-0.2, 0) is 6.54 Å². The van der Waals surface area contributed by atoms with Crippen LogP contribution >= 0.6 is 22.6 Å². The highest BCUT2D eigenvalue weighted by Gasteiger charge is 2.31. The fourth-order valence-corrected chi connectivity index (χ4v) is 2.80. The summed E-state index contributed by atoms with van der Waals surface area (Å²) in [4.78, 5) is 0. The predicted octanol–water partition coefficient (Wildman–Crippen LogP) is 2.92.